The van der Waals surface area contributed by atoms with Gasteiger partial charge in [-0.2, -0.15) is 0 Å². The number of nitrogens with zero attached hydrogens (tertiary/aromatic N) is 1. The Labute approximate surface area is 142 Å². The molecule has 2 aromatic heterocycles. The SMILES string of the molecule is CC(C)CCCOc1cc2oc(=O)c3cnccc3c2cc1Br. The molecular weight excluding hydrogens is 358 g/mol. The van der Waals surface area contributed by atoms with Gasteiger partial charge in [-0.1, -0.05) is 13.8 Å². The largest absolute Gasteiger partial charge is 0.492 e. The fourth-order valence-corrected chi connectivity index (χ4v) is 3.02. The van der Waals surface area contributed by atoms with Crippen LogP contribution in [0.1, 0.15) is 26.7 Å². The first kappa shape index (κ1) is 16.0. The molecule has 120 valence electrons. The van der Waals surface area contributed by atoms with Gasteiger partial charge in [0.15, 0.2) is 0 Å². The molecule has 0 fully saturated rings. The Bertz CT molecular complexity index is 902. The molecule has 0 N–H and O–H groups in total. The summed E-state index contributed by atoms with van der Waals surface area (Å²) in [5.74, 6) is 1.36. The molecule has 3 rings (SSSR count). The van der Waals surface area contributed by atoms with Crippen molar-refractivity contribution in [3.8, 4) is 5.75 Å². The predicted molar refractivity (Wildman–Crippen MR) is 95.1 cm³/mol. The van der Waals surface area contributed by atoms with E-state index in [1.807, 2.05) is 12.1 Å². The highest BCUT2D eigenvalue weighted by molar-refractivity contribution is 9.10. The fraction of sp³-hybridized carbons (Fsp3) is 0.333. The molecule has 0 aliphatic carbocycles. The molecule has 0 unspecified atom stereocenters. The van der Waals surface area contributed by atoms with E-state index in [9.17, 15) is 4.79 Å². The molecule has 0 saturated carbocycles. The lowest BCUT2D eigenvalue weighted by Gasteiger charge is -2.11. The Balaban J connectivity index is 1.98. The molecule has 0 aliphatic rings. The molecule has 0 amide bonds. The van der Waals surface area contributed by atoms with Gasteiger partial charge in [-0.15, -0.1) is 0 Å². The van der Waals surface area contributed by atoms with E-state index in [2.05, 4.69) is 34.8 Å². The maximum absolute atomic E-state index is 12.1. The zero-order valence-electron chi connectivity index (χ0n) is 13.1. The van der Waals surface area contributed by atoms with E-state index in [0.29, 0.717) is 29.2 Å². The molecular formula is C18H18BrNO3. The number of fused-ring (bicyclic) bond motifs is 3. The number of hydrogen-bond donors (Lipinski definition) is 0. The minimum atomic E-state index is -0.381. The average molecular weight is 376 g/mol. The second-order valence-electron chi connectivity index (χ2n) is 5.97. The summed E-state index contributed by atoms with van der Waals surface area (Å²) in [5.41, 5.74) is 0.143. The van der Waals surface area contributed by atoms with Gasteiger partial charge in [0, 0.05) is 29.2 Å². The summed E-state index contributed by atoms with van der Waals surface area (Å²) >= 11 is 3.54. The lowest BCUT2D eigenvalue weighted by Crippen LogP contribution is -2.02. The van der Waals surface area contributed by atoms with E-state index in [0.717, 1.165) is 28.1 Å². The highest BCUT2D eigenvalue weighted by atomic mass is 79.9. The van der Waals surface area contributed by atoms with Gasteiger partial charge in [0.05, 0.1) is 16.5 Å². The molecule has 2 heterocycles. The van der Waals surface area contributed by atoms with Crippen LogP contribution in [0.15, 0.2) is 44.3 Å². The summed E-state index contributed by atoms with van der Waals surface area (Å²) in [7, 11) is 0. The van der Waals surface area contributed by atoms with Crippen molar-refractivity contribution in [1.29, 1.82) is 0 Å². The molecule has 4 nitrogen and oxygen atoms in total. The highest BCUT2D eigenvalue weighted by Crippen LogP contribution is 2.33. The highest BCUT2D eigenvalue weighted by Gasteiger charge is 2.11. The zero-order valence-corrected chi connectivity index (χ0v) is 14.7. The van der Waals surface area contributed by atoms with E-state index in [-0.39, 0.29) is 5.63 Å². The predicted octanol–water partition coefficient (Wildman–Crippen LogP) is 4.92. The Kier molecular flexibility index (Phi) is 4.66. The van der Waals surface area contributed by atoms with Crippen LogP contribution in [0.25, 0.3) is 21.7 Å². The maximum Gasteiger partial charge on any atom is 0.345 e. The van der Waals surface area contributed by atoms with Crippen LogP contribution in [0, 0.1) is 5.92 Å². The lowest BCUT2D eigenvalue weighted by molar-refractivity contribution is 0.296. The van der Waals surface area contributed by atoms with Crippen molar-refractivity contribution < 1.29 is 9.15 Å². The van der Waals surface area contributed by atoms with Crippen molar-refractivity contribution in [2.24, 2.45) is 5.92 Å². The van der Waals surface area contributed by atoms with Crippen molar-refractivity contribution in [3.63, 3.8) is 0 Å². The molecule has 5 heteroatoms. The zero-order chi connectivity index (χ0) is 16.4. The number of pyridine rings is 1. The number of benzene rings is 1. The van der Waals surface area contributed by atoms with Crippen molar-refractivity contribution >= 4 is 37.7 Å². The molecule has 23 heavy (non-hydrogen) atoms. The smallest absolute Gasteiger partial charge is 0.345 e. The van der Waals surface area contributed by atoms with Crippen molar-refractivity contribution in [2.45, 2.75) is 26.7 Å². The third-order valence-electron chi connectivity index (χ3n) is 3.75. The molecule has 0 aliphatic heterocycles. The monoisotopic (exact) mass is 375 g/mol. The summed E-state index contributed by atoms with van der Waals surface area (Å²) in [4.78, 5) is 16.1. The van der Waals surface area contributed by atoms with Gasteiger partial charge >= 0.3 is 5.63 Å². The molecule has 0 radical (unpaired) electrons. The standard InChI is InChI=1S/C18H18BrNO3/c1-11(2)4-3-7-22-17-9-16-13(8-15(17)19)12-5-6-20-10-14(12)18(21)23-16/h5-6,8-11H,3-4,7H2,1-2H3. The Morgan fingerprint density at radius 2 is 2.09 bits per heavy atom. The van der Waals surface area contributed by atoms with E-state index in [1.165, 1.54) is 6.20 Å². The maximum atomic E-state index is 12.1. The van der Waals surface area contributed by atoms with Gasteiger partial charge in [0.25, 0.3) is 0 Å². The summed E-state index contributed by atoms with van der Waals surface area (Å²) in [5, 5.41) is 2.18. The molecule has 0 bridgehead atoms. The molecule has 0 saturated heterocycles. The third kappa shape index (κ3) is 3.39. The fourth-order valence-electron chi connectivity index (χ4n) is 2.56. The third-order valence-corrected chi connectivity index (χ3v) is 4.37. The number of aromatic nitrogens is 1. The van der Waals surface area contributed by atoms with Gasteiger partial charge in [0.1, 0.15) is 11.3 Å². The van der Waals surface area contributed by atoms with Crippen LogP contribution in [-0.4, -0.2) is 11.6 Å². The Morgan fingerprint density at radius 1 is 1.26 bits per heavy atom. The van der Waals surface area contributed by atoms with Gasteiger partial charge in [0.2, 0.25) is 0 Å². The van der Waals surface area contributed by atoms with Crippen LogP contribution < -0.4 is 10.4 Å². The number of rotatable bonds is 5. The van der Waals surface area contributed by atoms with E-state index < -0.39 is 0 Å². The van der Waals surface area contributed by atoms with Crippen LogP contribution in [0.4, 0.5) is 0 Å². The first-order chi connectivity index (χ1) is 11.1. The van der Waals surface area contributed by atoms with Crippen LogP contribution in [-0.2, 0) is 0 Å². The van der Waals surface area contributed by atoms with E-state index >= 15 is 0 Å². The molecule has 3 aromatic rings. The molecule has 0 atom stereocenters. The van der Waals surface area contributed by atoms with E-state index in [4.69, 9.17) is 9.15 Å². The van der Waals surface area contributed by atoms with Crippen molar-refractivity contribution in [3.05, 3.63) is 45.5 Å². The van der Waals surface area contributed by atoms with Gasteiger partial charge in [-0.05, 0) is 46.8 Å². The summed E-state index contributed by atoms with van der Waals surface area (Å²) in [6.45, 7) is 5.03. The van der Waals surface area contributed by atoms with Crippen LogP contribution in [0.3, 0.4) is 0 Å². The minimum Gasteiger partial charge on any atom is -0.492 e. The Hall–Kier alpha value is -1.88. The summed E-state index contributed by atoms with van der Waals surface area (Å²) in [6, 6.07) is 5.53. The van der Waals surface area contributed by atoms with Gasteiger partial charge < -0.3 is 9.15 Å². The minimum absolute atomic E-state index is 0.381. The van der Waals surface area contributed by atoms with Gasteiger partial charge in [-0.3, -0.25) is 4.98 Å². The topological polar surface area (TPSA) is 52.3 Å². The van der Waals surface area contributed by atoms with Crippen LogP contribution in [0.2, 0.25) is 0 Å². The second kappa shape index (κ2) is 6.71. The molecule has 1 aromatic carbocycles. The summed E-state index contributed by atoms with van der Waals surface area (Å²) < 4.78 is 12.1. The Morgan fingerprint density at radius 3 is 2.87 bits per heavy atom. The quantitative estimate of drug-likeness (QED) is 0.360. The normalized spacial score (nSPS) is 11.5. The van der Waals surface area contributed by atoms with Crippen LogP contribution in [0.5, 0.6) is 5.75 Å². The first-order valence-corrected chi connectivity index (χ1v) is 8.48. The number of ether oxygens (including phenoxy) is 1. The van der Waals surface area contributed by atoms with Crippen molar-refractivity contribution in [2.75, 3.05) is 6.61 Å². The van der Waals surface area contributed by atoms with Crippen molar-refractivity contribution in [1.82, 2.24) is 4.98 Å². The van der Waals surface area contributed by atoms with E-state index in [1.54, 1.807) is 12.3 Å². The number of halogens is 1. The first-order valence-electron chi connectivity index (χ1n) is 7.69. The van der Waals surface area contributed by atoms with Crippen LogP contribution >= 0.6 is 15.9 Å². The summed E-state index contributed by atoms with van der Waals surface area (Å²) in [6.07, 6.45) is 5.32. The second-order valence-corrected chi connectivity index (χ2v) is 6.83. The van der Waals surface area contributed by atoms with Gasteiger partial charge in [-0.25, -0.2) is 4.79 Å². The lowest BCUT2D eigenvalue weighted by atomic mass is 10.1. The number of hydrogen-bond acceptors (Lipinski definition) is 4. The molecule has 0 spiro atoms. The average Bonchev–Trinajstić information content (AvgIpc) is 2.53.